The van der Waals surface area contributed by atoms with Crippen molar-refractivity contribution >= 4 is 16.7 Å². The summed E-state index contributed by atoms with van der Waals surface area (Å²) in [6.07, 6.45) is 6.11. The molecule has 8 nitrogen and oxygen atoms in total. The number of nitrogens with zero attached hydrogens (tertiary/aromatic N) is 4. The monoisotopic (exact) mass is 600 g/mol. The third-order valence-electron chi connectivity index (χ3n) is 9.14. The molecule has 0 saturated heterocycles. The molecule has 0 aliphatic heterocycles. The number of carbonyl (C=O) groups is 1. The second-order valence-corrected chi connectivity index (χ2v) is 11.7. The zero-order valence-corrected chi connectivity index (χ0v) is 26.2. The Morgan fingerprint density at radius 3 is 2.56 bits per heavy atom. The molecule has 2 aliphatic rings. The first kappa shape index (κ1) is 30.3. The van der Waals surface area contributed by atoms with Crippen molar-refractivity contribution in [3.63, 3.8) is 0 Å². The Bertz CT molecular complexity index is 1900. The van der Waals surface area contributed by atoms with E-state index in [0.29, 0.717) is 23.0 Å². The van der Waals surface area contributed by atoms with Gasteiger partial charge in [0.15, 0.2) is 0 Å². The minimum Gasteiger partial charge on any atom is -0.327 e. The van der Waals surface area contributed by atoms with Gasteiger partial charge in [-0.1, -0.05) is 62.4 Å². The Morgan fingerprint density at radius 2 is 1.82 bits per heavy atom. The van der Waals surface area contributed by atoms with Gasteiger partial charge in [-0.25, -0.2) is 5.10 Å². The van der Waals surface area contributed by atoms with Gasteiger partial charge in [-0.15, -0.1) is 0 Å². The van der Waals surface area contributed by atoms with Crippen LogP contribution in [-0.4, -0.2) is 31.0 Å². The van der Waals surface area contributed by atoms with Gasteiger partial charge in [-0.05, 0) is 80.0 Å². The molecule has 5 aromatic rings. The summed E-state index contributed by atoms with van der Waals surface area (Å²) in [5.74, 6) is 0.0778. The van der Waals surface area contributed by atoms with Crippen LogP contribution in [0.2, 0.25) is 0 Å². The Hall–Kier alpha value is -4.69. The maximum Gasteiger partial charge on any atom is 0.272 e. The van der Waals surface area contributed by atoms with Crippen LogP contribution < -0.4 is 11.3 Å². The van der Waals surface area contributed by atoms with Crippen molar-refractivity contribution in [3.8, 4) is 11.1 Å². The van der Waals surface area contributed by atoms with Crippen molar-refractivity contribution in [2.75, 3.05) is 0 Å². The summed E-state index contributed by atoms with van der Waals surface area (Å²) in [4.78, 5) is 39.1. The quantitative estimate of drug-likeness (QED) is 0.226. The average molecular weight is 601 g/mol. The molecule has 2 aromatic carbocycles. The van der Waals surface area contributed by atoms with Gasteiger partial charge in [0.1, 0.15) is 0 Å². The van der Waals surface area contributed by atoms with Gasteiger partial charge < -0.3 is 10.6 Å². The predicted octanol–water partition coefficient (Wildman–Crippen LogP) is 6.31. The number of hydrogen-bond donors (Lipinski definition) is 2. The van der Waals surface area contributed by atoms with Crippen LogP contribution in [0.15, 0.2) is 83.8 Å². The number of rotatable bonds is 7. The fraction of sp³-hybridized carbons (Fsp3) is 0.324. The van der Waals surface area contributed by atoms with Crippen LogP contribution in [0.5, 0.6) is 0 Å². The van der Waals surface area contributed by atoms with Gasteiger partial charge in [0, 0.05) is 29.4 Å². The van der Waals surface area contributed by atoms with Gasteiger partial charge in [-0.3, -0.25) is 19.6 Å². The number of aryl methyl sites for hydroxylation is 2. The first-order valence-electron chi connectivity index (χ1n) is 16.0. The van der Waals surface area contributed by atoms with Crippen molar-refractivity contribution in [1.82, 2.24) is 25.1 Å². The first-order valence-corrected chi connectivity index (χ1v) is 16.0. The van der Waals surface area contributed by atoms with Gasteiger partial charge in [0.25, 0.3) is 5.56 Å². The van der Waals surface area contributed by atoms with Gasteiger partial charge >= 0.3 is 0 Å². The molecule has 1 fully saturated rings. The second kappa shape index (κ2) is 12.7. The summed E-state index contributed by atoms with van der Waals surface area (Å²) in [7, 11) is 0. The highest BCUT2D eigenvalue weighted by Gasteiger charge is 2.54. The third-order valence-corrected chi connectivity index (χ3v) is 9.14. The van der Waals surface area contributed by atoms with E-state index >= 15 is 0 Å². The molecule has 3 heterocycles. The highest BCUT2D eigenvalue weighted by atomic mass is 16.2. The average Bonchev–Trinajstić information content (AvgIpc) is 3.90. The molecule has 7 rings (SSSR count). The highest BCUT2D eigenvalue weighted by Crippen LogP contribution is 2.52. The number of hydrogen-bond acceptors (Lipinski definition) is 6. The van der Waals surface area contributed by atoms with Gasteiger partial charge in [0.05, 0.1) is 40.5 Å². The summed E-state index contributed by atoms with van der Waals surface area (Å²) in [5, 5.41) is 7.93. The fourth-order valence-corrected chi connectivity index (χ4v) is 6.71. The lowest BCUT2D eigenvalue weighted by Crippen LogP contribution is -2.43. The van der Waals surface area contributed by atoms with Crippen LogP contribution in [-0.2, 0) is 29.7 Å². The van der Waals surface area contributed by atoms with E-state index in [-0.39, 0.29) is 24.1 Å². The zero-order valence-electron chi connectivity index (χ0n) is 26.2. The van der Waals surface area contributed by atoms with Crippen LogP contribution in [0.3, 0.4) is 0 Å². The molecular weight excluding hydrogens is 560 g/mol. The lowest BCUT2D eigenvalue weighted by molar-refractivity contribution is -0.137. The van der Waals surface area contributed by atoms with E-state index in [0.717, 1.165) is 65.9 Å². The van der Waals surface area contributed by atoms with Crippen molar-refractivity contribution in [2.45, 2.75) is 77.4 Å². The van der Waals surface area contributed by atoms with E-state index < -0.39 is 5.41 Å². The molecule has 8 heteroatoms. The van der Waals surface area contributed by atoms with Crippen LogP contribution in [0.1, 0.15) is 79.5 Å². The number of nitrogens with one attached hydrogen (secondary N) is 1. The molecule has 2 aliphatic carbocycles. The van der Waals surface area contributed by atoms with Crippen LogP contribution in [0.4, 0.5) is 0 Å². The second-order valence-electron chi connectivity index (χ2n) is 11.7. The molecule has 0 radical (unpaired) electrons. The van der Waals surface area contributed by atoms with E-state index in [1.165, 1.54) is 5.56 Å². The number of benzene rings is 2. The van der Waals surface area contributed by atoms with Crippen LogP contribution >= 0.6 is 0 Å². The summed E-state index contributed by atoms with van der Waals surface area (Å²) >= 11 is 0. The van der Waals surface area contributed by atoms with E-state index in [9.17, 15) is 9.59 Å². The van der Waals surface area contributed by atoms with E-state index in [4.69, 9.17) is 15.7 Å². The molecule has 3 aromatic heterocycles. The largest absolute Gasteiger partial charge is 0.327 e. The van der Waals surface area contributed by atoms with E-state index in [1.54, 1.807) is 6.07 Å². The lowest BCUT2D eigenvalue weighted by atomic mass is 9.87. The maximum absolute atomic E-state index is 14.8. The molecule has 1 atom stereocenters. The Kier molecular flexibility index (Phi) is 8.59. The minimum atomic E-state index is -0.673. The van der Waals surface area contributed by atoms with Gasteiger partial charge in [-0.2, -0.15) is 5.10 Å². The topological polar surface area (TPSA) is 118 Å². The molecule has 0 bridgehead atoms. The van der Waals surface area contributed by atoms with Crippen molar-refractivity contribution in [1.29, 1.82) is 0 Å². The smallest absolute Gasteiger partial charge is 0.272 e. The number of carbonyl (C=O) groups excluding carboxylic acids is 1. The molecule has 1 unspecified atom stereocenters. The van der Waals surface area contributed by atoms with E-state index in [1.807, 2.05) is 74.3 Å². The molecule has 3 N–H and O–H groups in total. The Morgan fingerprint density at radius 1 is 1.02 bits per heavy atom. The summed E-state index contributed by atoms with van der Waals surface area (Å²) in [5.41, 5.74) is 12.7. The van der Waals surface area contributed by atoms with Crippen molar-refractivity contribution < 1.29 is 4.79 Å². The summed E-state index contributed by atoms with van der Waals surface area (Å²) in [6.45, 7) is 6.61. The number of pyridine rings is 2. The SMILES string of the molecule is CC.Cc1nc(CN(C(=O)C2(c3ccc4c(=O)[nH]nc(CN)c4c3)CC2)C2CCCc3cccnc32)ccc1-c1ccccc1. The fourth-order valence-electron chi connectivity index (χ4n) is 6.71. The predicted molar refractivity (Wildman–Crippen MR) is 177 cm³/mol. The van der Waals surface area contributed by atoms with Crippen molar-refractivity contribution in [3.05, 3.63) is 123 Å². The molecule has 1 amide bonds. The summed E-state index contributed by atoms with van der Waals surface area (Å²) in [6, 6.07) is 24.0. The number of fused-ring (bicyclic) bond motifs is 2. The Balaban J connectivity index is 0.00000175. The number of aromatic amines is 1. The molecule has 1 saturated carbocycles. The lowest BCUT2D eigenvalue weighted by Gasteiger charge is -2.37. The number of amides is 1. The first-order chi connectivity index (χ1) is 22.0. The normalized spacial score (nSPS) is 16.3. The highest BCUT2D eigenvalue weighted by molar-refractivity contribution is 5.94. The number of nitrogens with two attached hydrogens (primary N) is 1. The van der Waals surface area contributed by atoms with Crippen LogP contribution in [0.25, 0.3) is 21.9 Å². The molecule has 0 spiro atoms. The summed E-state index contributed by atoms with van der Waals surface area (Å²) < 4.78 is 0. The minimum absolute atomic E-state index is 0.0778. The Labute approximate surface area is 263 Å². The molecular formula is C37H40N6O2. The van der Waals surface area contributed by atoms with Gasteiger partial charge in [0.2, 0.25) is 5.91 Å². The third kappa shape index (κ3) is 5.66. The maximum atomic E-state index is 14.8. The zero-order chi connectivity index (χ0) is 31.6. The number of aromatic nitrogens is 4. The molecule has 45 heavy (non-hydrogen) atoms. The number of H-pyrrole nitrogens is 1. The van der Waals surface area contributed by atoms with Crippen molar-refractivity contribution in [2.24, 2.45) is 5.73 Å². The van der Waals surface area contributed by atoms with E-state index in [2.05, 4.69) is 34.5 Å². The standard InChI is InChI=1S/C35H34N6O2.C2H6/c1-22-27(23-7-3-2-4-8-23)15-13-26(38-22)21-41(31-11-5-9-24-10-6-18-37-32(24)31)34(43)35(16-17-35)25-12-14-28-29(19-25)30(20-36)39-40-33(28)42;1-2/h2-4,6-8,10,12-15,18-19,31H,5,9,11,16-17,20-21,36H2,1H3,(H,40,42);1-2H3. The molecule has 230 valence electrons. The van der Waals surface area contributed by atoms with Crippen LogP contribution in [0, 0.1) is 6.92 Å².